The van der Waals surface area contributed by atoms with Crippen molar-refractivity contribution in [2.45, 2.75) is 46.2 Å². The molecule has 6 nitrogen and oxygen atoms in total. The first kappa shape index (κ1) is 26.8. The molecule has 0 saturated carbocycles. The highest BCUT2D eigenvalue weighted by Crippen LogP contribution is 2.31. The van der Waals surface area contributed by atoms with Crippen LogP contribution in [0.2, 0.25) is 0 Å². The zero-order valence-electron chi connectivity index (χ0n) is 21.7. The third kappa shape index (κ3) is 7.10. The highest BCUT2D eigenvalue weighted by molar-refractivity contribution is 6.04. The van der Waals surface area contributed by atoms with E-state index in [1.807, 2.05) is 36.4 Å². The molecule has 0 spiro atoms. The van der Waals surface area contributed by atoms with Crippen LogP contribution in [0.15, 0.2) is 66.7 Å². The van der Waals surface area contributed by atoms with Gasteiger partial charge in [-0.1, -0.05) is 36.4 Å². The van der Waals surface area contributed by atoms with Crippen LogP contribution in [0.4, 0.5) is 5.69 Å². The van der Waals surface area contributed by atoms with E-state index in [-0.39, 0.29) is 5.91 Å². The molecular formula is C30H35N3O3. The Morgan fingerprint density at radius 2 is 1.67 bits per heavy atom. The van der Waals surface area contributed by atoms with E-state index >= 15 is 0 Å². The predicted molar refractivity (Wildman–Crippen MR) is 145 cm³/mol. The maximum atomic E-state index is 12.9. The molecule has 36 heavy (non-hydrogen) atoms. The van der Waals surface area contributed by atoms with Crippen molar-refractivity contribution in [1.29, 1.82) is 5.26 Å². The second-order valence-electron chi connectivity index (χ2n) is 9.21. The SMILES string of the molecule is COc1ccc(NC(=O)c2ccc(-c3cccc(CC#N)c3)cc2)cc1OCCN(C(C)C)C(C)C. The van der Waals surface area contributed by atoms with Gasteiger partial charge in [0.2, 0.25) is 0 Å². The molecular weight excluding hydrogens is 450 g/mol. The number of nitriles is 1. The van der Waals surface area contributed by atoms with Gasteiger partial charge in [0.05, 0.1) is 19.6 Å². The van der Waals surface area contributed by atoms with Crippen molar-refractivity contribution in [3.05, 3.63) is 77.9 Å². The number of carbonyl (C=O) groups is 1. The van der Waals surface area contributed by atoms with Gasteiger partial charge < -0.3 is 14.8 Å². The quantitative estimate of drug-likeness (QED) is 0.351. The highest BCUT2D eigenvalue weighted by atomic mass is 16.5. The van der Waals surface area contributed by atoms with Gasteiger partial charge in [-0.2, -0.15) is 5.26 Å². The largest absolute Gasteiger partial charge is 0.493 e. The molecule has 1 amide bonds. The summed E-state index contributed by atoms with van der Waals surface area (Å²) in [6.45, 7) is 10.0. The second kappa shape index (κ2) is 12.8. The molecule has 0 aliphatic carbocycles. The Morgan fingerprint density at radius 3 is 2.31 bits per heavy atom. The Labute approximate surface area is 214 Å². The van der Waals surface area contributed by atoms with Gasteiger partial charge in [0.25, 0.3) is 5.91 Å². The molecule has 0 saturated heterocycles. The van der Waals surface area contributed by atoms with Crippen LogP contribution in [0.1, 0.15) is 43.6 Å². The fourth-order valence-corrected chi connectivity index (χ4v) is 4.21. The van der Waals surface area contributed by atoms with Crippen molar-refractivity contribution in [3.8, 4) is 28.7 Å². The average Bonchev–Trinajstić information content (AvgIpc) is 2.86. The third-order valence-corrected chi connectivity index (χ3v) is 6.05. The molecule has 3 aromatic rings. The number of rotatable bonds is 11. The summed E-state index contributed by atoms with van der Waals surface area (Å²) in [5.74, 6) is 1.01. The summed E-state index contributed by atoms with van der Waals surface area (Å²) in [6.07, 6.45) is 0.371. The number of hydrogen-bond acceptors (Lipinski definition) is 5. The third-order valence-electron chi connectivity index (χ3n) is 6.05. The summed E-state index contributed by atoms with van der Waals surface area (Å²) in [6, 6.07) is 23.7. The molecule has 0 heterocycles. The molecule has 0 bridgehead atoms. The van der Waals surface area contributed by atoms with Crippen molar-refractivity contribution < 1.29 is 14.3 Å². The Kier molecular flexibility index (Phi) is 9.49. The molecule has 6 heteroatoms. The lowest BCUT2D eigenvalue weighted by molar-refractivity contribution is 0.102. The summed E-state index contributed by atoms with van der Waals surface area (Å²) in [4.78, 5) is 15.3. The maximum absolute atomic E-state index is 12.9. The molecule has 0 aliphatic heterocycles. The predicted octanol–water partition coefficient (Wildman–Crippen LogP) is 6.18. The number of hydrogen-bond donors (Lipinski definition) is 1. The number of nitrogens with zero attached hydrogens (tertiary/aromatic N) is 2. The van der Waals surface area contributed by atoms with Gasteiger partial charge in [0, 0.05) is 35.9 Å². The number of nitrogens with one attached hydrogen (secondary N) is 1. The number of amides is 1. The Balaban J connectivity index is 1.67. The topological polar surface area (TPSA) is 74.6 Å². The molecule has 1 N–H and O–H groups in total. The summed E-state index contributed by atoms with van der Waals surface area (Å²) in [7, 11) is 1.60. The van der Waals surface area contributed by atoms with Gasteiger partial charge in [-0.25, -0.2) is 0 Å². The van der Waals surface area contributed by atoms with E-state index in [1.165, 1.54) is 0 Å². The number of anilines is 1. The first-order chi connectivity index (χ1) is 17.3. The van der Waals surface area contributed by atoms with Crippen molar-refractivity contribution in [3.63, 3.8) is 0 Å². The van der Waals surface area contributed by atoms with Crippen LogP contribution in [0.5, 0.6) is 11.5 Å². The van der Waals surface area contributed by atoms with E-state index in [0.29, 0.717) is 47.9 Å². The first-order valence-electron chi connectivity index (χ1n) is 12.3. The number of benzene rings is 3. The van der Waals surface area contributed by atoms with Crippen LogP contribution < -0.4 is 14.8 Å². The summed E-state index contributed by atoms with van der Waals surface area (Å²) >= 11 is 0. The fourth-order valence-electron chi connectivity index (χ4n) is 4.21. The molecule has 0 fully saturated rings. The van der Waals surface area contributed by atoms with Crippen LogP contribution >= 0.6 is 0 Å². The minimum absolute atomic E-state index is 0.207. The van der Waals surface area contributed by atoms with Crippen molar-refractivity contribution in [2.24, 2.45) is 0 Å². The minimum Gasteiger partial charge on any atom is -0.493 e. The van der Waals surface area contributed by atoms with Gasteiger partial charge >= 0.3 is 0 Å². The van der Waals surface area contributed by atoms with Crippen LogP contribution in [-0.4, -0.2) is 43.2 Å². The molecule has 3 rings (SSSR count). The standard InChI is InChI=1S/C30H35N3O3/c1-21(2)33(22(3)4)17-18-36-29-20-27(13-14-28(29)35-5)32-30(34)25-11-9-24(10-12-25)26-8-6-7-23(19-26)15-16-31/h6-14,19-22H,15,17-18H2,1-5H3,(H,32,34). The van der Waals surface area contributed by atoms with E-state index in [0.717, 1.165) is 23.2 Å². The number of ether oxygens (including phenoxy) is 2. The van der Waals surface area contributed by atoms with Crippen LogP contribution in [0.3, 0.4) is 0 Å². The lowest BCUT2D eigenvalue weighted by Crippen LogP contribution is -2.39. The zero-order chi connectivity index (χ0) is 26.1. The lowest BCUT2D eigenvalue weighted by Gasteiger charge is -2.30. The van der Waals surface area contributed by atoms with E-state index < -0.39 is 0 Å². The first-order valence-corrected chi connectivity index (χ1v) is 12.3. The van der Waals surface area contributed by atoms with Gasteiger partial charge in [-0.15, -0.1) is 0 Å². The maximum Gasteiger partial charge on any atom is 0.255 e. The molecule has 0 unspecified atom stereocenters. The van der Waals surface area contributed by atoms with Gasteiger partial charge in [0.15, 0.2) is 11.5 Å². The fraction of sp³-hybridized carbons (Fsp3) is 0.333. The Hall–Kier alpha value is -3.82. The van der Waals surface area contributed by atoms with Crippen molar-refractivity contribution in [2.75, 3.05) is 25.6 Å². The van der Waals surface area contributed by atoms with Crippen LogP contribution in [-0.2, 0) is 6.42 Å². The molecule has 188 valence electrons. The summed E-state index contributed by atoms with van der Waals surface area (Å²) < 4.78 is 11.5. The van der Waals surface area contributed by atoms with Crippen LogP contribution in [0, 0.1) is 11.3 Å². The zero-order valence-corrected chi connectivity index (χ0v) is 21.7. The van der Waals surface area contributed by atoms with E-state index in [1.54, 1.807) is 37.4 Å². The Morgan fingerprint density at radius 1 is 0.944 bits per heavy atom. The minimum atomic E-state index is -0.207. The van der Waals surface area contributed by atoms with Gasteiger partial charge in [-0.05, 0) is 68.7 Å². The monoisotopic (exact) mass is 485 g/mol. The molecule has 0 radical (unpaired) electrons. The molecule has 0 aliphatic rings. The van der Waals surface area contributed by atoms with E-state index in [2.05, 4.69) is 44.0 Å². The van der Waals surface area contributed by atoms with Gasteiger partial charge in [0.1, 0.15) is 6.61 Å². The molecule has 3 aromatic carbocycles. The Bertz CT molecular complexity index is 1190. The van der Waals surface area contributed by atoms with E-state index in [9.17, 15) is 4.79 Å². The number of methoxy groups -OCH3 is 1. The lowest BCUT2D eigenvalue weighted by atomic mass is 10.0. The number of carbonyl (C=O) groups excluding carboxylic acids is 1. The van der Waals surface area contributed by atoms with Crippen molar-refractivity contribution >= 4 is 11.6 Å². The van der Waals surface area contributed by atoms with E-state index in [4.69, 9.17) is 14.7 Å². The molecule has 0 aromatic heterocycles. The normalized spacial score (nSPS) is 11.0. The van der Waals surface area contributed by atoms with Gasteiger partial charge in [-0.3, -0.25) is 9.69 Å². The highest BCUT2D eigenvalue weighted by Gasteiger charge is 2.15. The average molecular weight is 486 g/mol. The summed E-state index contributed by atoms with van der Waals surface area (Å²) in [5, 5.41) is 11.9. The summed E-state index contributed by atoms with van der Waals surface area (Å²) in [5.41, 5.74) is 4.15. The second-order valence-corrected chi connectivity index (χ2v) is 9.21. The van der Waals surface area contributed by atoms with Crippen LogP contribution in [0.25, 0.3) is 11.1 Å². The van der Waals surface area contributed by atoms with Crippen molar-refractivity contribution in [1.82, 2.24) is 4.90 Å². The molecule has 0 atom stereocenters. The smallest absolute Gasteiger partial charge is 0.255 e.